The van der Waals surface area contributed by atoms with E-state index in [0.717, 1.165) is 0 Å². The summed E-state index contributed by atoms with van der Waals surface area (Å²) >= 11 is 0. The highest BCUT2D eigenvalue weighted by molar-refractivity contribution is 5.98. The van der Waals surface area contributed by atoms with Crippen molar-refractivity contribution in [1.29, 1.82) is 0 Å². The van der Waals surface area contributed by atoms with E-state index in [0.29, 0.717) is 28.5 Å². The summed E-state index contributed by atoms with van der Waals surface area (Å²) in [5, 5.41) is 0.468. The van der Waals surface area contributed by atoms with Crippen LogP contribution in [-0.4, -0.2) is 30.0 Å². The van der Waals surface area contributed by atoms with Crippen LogP contribution in [0.2, 0.25) is 0 Å². The number of carbonyl (C=O) groups excluding carboxylic acids is 2. The number of aromatic nitrogens is 1. The molecule has 0 saturated carbocycles. The van der Waals surface area contributed by atoms with Crippen molar-refractivity contribution >= 4 is 23.2 Å². The summed E-state index contributed by atoms with van der Waals surface area (Å²) in [7, 11) is 0. The maximum absolute atomic E-state index is 13.3. The number of benzene rings is 2. The standard InChI is InChI=1S/C19H16FNO4/c20-15-6-7-18-17(10-15)14(13-22)11-21(18)12-19(23)25-9-8-24-16-4-2-1-3-5-16/h1-7,10-11,13H,8-9,12H2. The van der Waals surface area contributed by atoms with Crippen molar-refractivity contribution in [2.24, 2.45) is 0 Å². The number of nitrogens with zero attached hydrogens (tertiary/aromatic N) is 1. The van der Waals surface area contributed by atoms with Crippen molar-refractivity contribution in [2.45, 2.75) is 6.54 Å². The first-order chi connectivity index (χ1) is 12.2. The summed E-state index contributed by atoms with van der Waals surface area (Å²) in [6.45, 7) is 0.288. The van der Waals surface area contributed by atoms with Gasteiger partial charge < -0.3 is 14.0 Å². The van der Waals surface area contributed by atoms with Gasteiger partial charge in [0, 0.05) is 22.7 Å². The first kappa shape index (κ1) is 16.7. The van der Waals surface area contributed by atoms with Crippen molar-refractivity contribution in [3.63, 3.8) is 0 Å². The Balaban J connectivity index is 1.58. The molecule has 1 heterocycles. The maximum Gasteiger partial charge on any atom is 0.326 e. The van der Waals surface area contributed by atoms with E-state index < -0.39 is 11.8 Å². The number of aldehydes is 1. The van der Waals surface area contributed by atoms with Gasteiger partial charge in [0.05, 0.1) is 0 Å². The molecule has 3 rings (SSSR count). The SMILES string of the molecule is O=Cc1cn(CC(=O)OCCOc2ccccc2)c2ccc(F)cc12. The molecule has 0 atom stereocenters. The van der Waals surface area contributed by atoms with Gasteiger partial charge in [-0.25, -0.2) is 4.39 Å². The fourth-order valence-corrected chi connectivity index (χ4v) is 2.54. The fourth-order valence-electron chi connectivity index (χ4n) is 2.54. The summed E-state index contributed by atoms with van der Waals surface area (Å²) in [6.07, 6.45) is 2.15. The molecule has 0 aliphatic carbocycles. The van der Waals surface area contributed by atoms with Crippen LogP contribution in [0.25, 0.3) is 10.9 Å². The van der Waals surface area contributed by atoms with Crippen molar-refractivity contribution in [1.82, 2.24) is 4.57 Å². The molecule has 0 bridgehead atoms. The third-order valence-corrected chi connectivity index (χ3v) is 3.66. The highest BCUT2D eigenvalue weighted by Gasteiger charge is 2.12. The van der Waals surface area contributed by atoms with Crippen molar-refractivity contribution in [2.75, 3.05) is 13.2 Å². The Bertz CT molecular complexity index is 889. The van der Waals surface area contributed by atoms with E-state index in [4.69, 9.17) is 9.47 Å². The second kappa shape index (κ2) is 7.61. The number of hydrogen-bond acceptors (Lipinski definition) is 4. The largest absolute Gasteiger partial charge is 0.490 e. The normalized spacial score (nSPS) is 10.6. The molecule has 0 radical (unpaired) electrons. The Morgan fingerprint density at radius 2 is 1.92 bits per heavy atom. The van der Waals surface area contributed by atoms with Gasteiger partial charge in [0.15, 0.2) is 6.29 Å². The average molecular weight is 341 g/mol. The molecule has 0 unspecified atom stereocenters. The summed E-state index contributed by atoms with van der Waals surface area (Å²) in [5.41, 5.74) is 0.927. The van der Waals surface area contributed by atoms with E-state index in [9.17, 15) is 14.0 Å². The van der Waals surface area contributed by atoms with E-state index in [1.54, 1.807) is 4.57 Å². The highest BCUT2D eigenvalue weighted by atomic mass is 19.1. The lowest BCUT2D eigenvalue weighted by Crippen LogP contribution is -2.16. The lowest BCUT2D eigenvalue weighted by molar-refractivity contribution is -0.145. The van der Waals surface area contributed by atoms with E-state index >= 15 is 0 Å². The molecule has 0 aliphatic heterocycles. The predicted octanol–water partition coefficient (Wildman–Crippen LogP) is 3.22. The predicted molar refractivity (Wildman–Crippen MR) is 90.2 cm³/mol. The first-order valence-corrected chi connectivity index (χ1v) is 7.74. The zero-order valence-electron chi connectivity index (χ0n) is 13.4. The Labute approximate surface area is 143 Å². The molecular weight excluding hydrogens is 325 g/mol. The van der Waals surface area contributed by atoms with Gasteiger partial charge in [-0.3, -0.25) is 9.59 Å². The molecule has 5 nitrogen and oxygen atoms in total. The zero-order chi connectivity index (χ0) is 17.6. The highest BCUT2D eigenvalue weighted by Crippen LogP contribution is 2.21. The minimum absolute atomic E-state index is 0.0681. The summed E-state index contributed by atoms with van der Waals surface area (Å²) in [6, 6.07) is 13.3. The molecule has 3 aromatic rings. The Kier molecular flexibility index (Phi) is 5.09. The lowest BCUT2D eigenvalue weighted by atomic mass is 10.2. The second-order valence-corrected chi connectivity index (χ2v) is 5.37. The van der Waals surface area contributed by atoms with Gasteiger partial charge in [-0.1, -0.05) is 18.2 Å². The second-order valence-electron chi connectivity index (χ2n) is 5.37. The average Bonchev–Trinajstić information content (AvgIpc) is 2.96. The first-order valence-electron chi connectivity index (χ1n) is 7.74. The molecule has 2 aromatic carbocycles. The summed E-state index contributed by atoms with van der Waals surface area (Å²) in [5.74, 6) is -0.197. The van der Waals surface area contributed by atoms with Gasteiger partial charge in [0.25, 0.3) is 0 Å². The minimum Gasteiger partial charge on any atom is -0.490 e. The van der Waals surface area contributed by atoms with Crippen LogP contribution in [0.3, 0.4) is 0 Å². The Morgan fingerprint density at radius 1 is 1.12 bits per heavy atom. The molecule has 0 amide bonds. The number of carbonyl (C=O) groups is 2. The molecule has 0 saturated heterocycles. The maximum atomic E-state index is 13.3. The van der Waals surface area contributed by atoms with Crippen molar-refractivity contribution in [3.05, 3.63) is 66.1 Å². The third-order valence-electron chi connectivity index (χ3n) is 3.66. The minimum atomic E-state index is -0.463. The van der Waals surface area contributed by atoms with Crippen LogP contribution in [0.15, 0.2) is 54.7 Å². The number of rotatable bonds is 7. The van der Waals surface area contributed by atoms with Crippen LogP contribution in [-0.2, 0) is 16.1 Å². The lowest BCUT2D eigenvalue weighted by Gasteiger charge is -2.08. The topological polar surface area (TPSA) is 57.5 Å². The van der Waals surface area contributed by atoms with E-state index in [1.807, 2.05) is 30.3 Å². The number of hydrogen-bond donors (Lipinski definition) is 0. The Hall–Kier alpha value is -3.15. The quantitative estimate of drug-likeness (QED) is 0.376. The molecule has 0 spiro atoms. The Morgan fingerprint density at radius 3 is 2.68 bits per heavy atom. The van der Waals surface area contributed by atoms with Crippen LogP contribution < -0.4 is 4.74 Å². The summed E-state index contributed by atoms with van der Waals surface area (Å²) < 4.78 is 25.5. The molecule has 128 valence electrons. The van der Waals surface area contributed by atoms with Crippen LogP contribution in [0.5, 0.6) is 5.75 Å². The van der Waals surface area contributed by atoms with Gasteiger partial charge in [0.2, 0.25) is 0 Å². The number of esters is 1. The molecule has 6 heteroatoms. The van der Waals surface area contributed by atoms with Crippen LogP contribution in [0.1, 0.15) is 10.4 Å². The van der Waals surface area contributed by atoms with E-state index in [-0.39, 0.29) is 19.8 Å². The number of halogens is 1. The third kappa shape index (κ3) is 4.03. The van der Waals surface area contributed by atoms with Crippen LogP contribution in [0, 0.1) is 5.82 Å². The van der Waals surface area contributed by atoms with Crippen LogP contribution in [0.4, 0.5) is 4.39 Å². The van der Waals surface area contributed by atoms with Crippen molar-refractivity contribution < 1.29 is 23.5 Å². The van der Waals surface area contributed by atoms with Gasteiger partial charge >= 0.3 is 5.97 Å². The van der Waals surface area contributed by atoms with Gasteiger partial charge in [-0.15, -0.1) is 0 Å². The molecule has 0 fully saturated rings. The molecule has 0 N–H and O–H groups in total. The van der Waals surface area contributed by atoms with Gasteiger partial charge in [0.1, 0.15) is 31.3 Å². The smallest absolute Gasteiger partial charge is 0.326 e. The summed E-state index contributed by atoms with van der Waals surface area (Å²) in [4.78, 5) is 23.1. The molecule has 1 aromatic heterocycles. The molecule has 25 heavy (non-hydrogen) atoms. The van der Waals surface area contributed by atoms with Crippen LogP contribution >= 0.6 is 0 Å². The zero-order valence-corrected chi connectivity index (χ0v) is 13.4. The number of fused-ring (bicyclic) bond motifs is 1. The fraction of sp³-hybridized carbons (Fsp3) is 0.158. The number of para-hydroxylation sites is 1. The number of ether oxygens (including phenoxy) is 2. The van der Waals surface area contributed by atoms with E-state index in [1.165, 1.54) is 24.4 Å². The molecule has 0 aliphatic rings. The monoisotopic (exact) mass is 341 g/mol. The van der Waals surface area contributed by atoms with Gasteiger partial charge in [-0.2, -0.15) is 0 Å². The van der Waals surface area contributed by atoms with Gasteiger partial charge in [-0.05, 0) is 30.3 Å². The van der Waals surface area contributed by atoms with Crippen molar-refractivity contribution in [3.8, 4) is 5.75 Å². The van der Waals surface area contributed by atoms with E-state index in [2.05, 4.69) is 0 Å². The molecular formula is C19H16FNO4.